The molecule has 0 fully saturated rings. The van der Waals surface area contributed by atoms with Crippen LogP contribution in [0, 0.1) is 0 Å². The standard InChI is InChI=1S/C8H12F3N3O/c9-8(10,11)6-4-13-14(5-6)2-1-7(15)3-12/h4-5,7,15H,1-3,12H2. The van der Waals surface area contributed by atoms with E-state index in [0.717, 1.165) is 17.1 Å². The summed E-state index contributed by atoms with van der Waals surface area (Å²) in [5.74, 6) is 0. The van der Waals surface area contributed by atoms with Gasteiger partial charge in [-0.2, -0.15) is 18.3 Å². The van der Waals surface area contributed by atoms with Gasteiger partial charge in [-0.3, -0.25) is 4.68 Å². The normalized spacial score (nSPS) is 14.2. The molecule has 1 heterocycles. The first-order chi connectivity index (χ1) is 6.93. The lowest BCUT2D eigenvalue weighted by Crippen LogP contribution is -2.21. The van der Waals surface area contributed by atoms with E-state index in [9.17, 15) is 13.2 Å². The summed E-state index contributed by atoms with van der Waals surface area (Å²) in [7, 11) is 0. The van der Waals surface area contributed by atoms with Crippen molar-refractivity contribution in [3.8, 4) is 0 Å². The molecule has 0 aliphatic rings. The van der Waals surface area contributed by atoms with E-state index < -0.39 is 17.8 Å². The molecule has 15 heavy (non-hydrogen) atoms. The Bertz CT molecular complexity index is 310. The Hall–Kier alpha value is -1.08. The van der Waals surface area contributed by atoms with Gasteiger partial charge in [0.2, 0.25) is 0 Å². The van der Waals surface area contributed by atoms with Crippen LogP contribution in [0.25, 0.3) is 0 Å². The summed E-state index contributed by atoms with van der Waals surface area (Å²) in [6.07, 6.45) is -3.12. The second kappa shape index (κ2) is 4.63. The van der Waals surface area contributed by atoms with Crippen LogP contribution in [0.2, 0.25) is 0 Å². The fourth-order valence-corrected chi connectivity index (χ4v) is 1.03. The molecule has 0 amide bonds. The van der Waals surface area contributed by atoms with E-state index in [0.29, 0.717) is 0 Å². The Balaban J connectivity index is 2.54. The van der Waals surface area contributed by atoms with E-state index in [1.807, 2.05) is 0 Å². The van der Waals surface area contributed by atoms with Gasteiger partial charge < -0.3 is 10.8 Å². The Labute approximate surface area is 84.5 Å². The molecule has 1 rings (SSSR count). The second-order valence-electron chi connectivity index (χ2n) is 3.17. The minimum Gasteiger partial charge on any atom is -0.392 e. The summed E-state index contributed by atoms with van der Waals surface area (Å²) in [5.41, 5.74) is 4.36. The van der Waals surface area contributed by atoms with Crippen molar-refractivity contribution >= 4 is 0 Å². The largest absolute Gasteiger partial charge is 0.419 e. The molecular weight excluding hydrogens is 211 g/mol. The minimum atomic E-state index is -4.37. The number of halogens is 3. The van der Waals surface area contributed by atoms with Crippen molar-refractivity contribution in [2.45, 2.75) is 25.2 Å². The molecule has 4 nitrogen and oxygen atoms in total. The molecule has 0 bridgehead atoms. The number of alkyl halides is 3. The highest BCUT2D eigenvalue weighted by atomic mass is 19.4. The zero-order chi connectivity index (χ0) is 11.5. The Morgan fingerprint density at radius 3 is 2.67 bits per heavy atom. The third-order valence-electron chi connectivity index (χ3n) is 1.92. The van der Waals surface area contributed by atoms with Crippen molar-refractivity contribution in [3.63, 3.8) is 0 Å². The Morgan fingerprint density at radius 1 is 1.53 bits per heavy atom. The number of aromatic nitrogens is 2. The summed E-state index contributed by atoms with van der Waals surface area (Å²) in [6, 6.07) is 0. The van der Waals surface area contributed by atoms with Crippen LogP contribution in [0.5, 0.6) is 0 Å². The number of aliphatic hydroxyl groups is 1. The first kappa shape index (κ1) is 12.0. The zero-order valence-corrected chi connectivity index (χ0v) is 7.91. The maximum absolute atomic E-state index is 12.1. The molecule has 1 atom stereocenters. The van der Waals surface area contributed by atoms with Gasteiger partial charge in [0, 0.05) is 19.3 Å². The highest BCUT2D eigenvalue weighted by molar-refractivity contribution is 5.08. The lowest BCUT2D eigenvalue weighted by molar-refractivity contribution is -0.137. The number of nitrogens with two attached hydrogens (primary N) is 1. The molecule has 0 radical (unpaired) electrons. The van der Waals surface area contributed by atoms with E-state index in [4.69, 9.17) is 10.8 Å². The molecule has 3 N–H and O–H groups in total. The lowest BCUT2D eigenvalue weighted by Gasteiger charge is -2.06. The number of aryl methyl sites for hydroxylation is 1. The van der Waals surface area contributed by atoms with Crippen LogP contribution in [0.4, 0.5) is 13.2 Å². The molecule has 0 saturated heterocycles. The first-order valence-electron chi connectivity index (χ1n) is 4.41. The van der Waals surface area contributed by atoms with Crippen molar-refractivity contribution in [2.75, 3.05) is 6.54 Å². The Morgan fingerprint density at radius 2 is 2.20 bits per heavy atom. The van der Waals surface area contributed by atoms with Crippen LogP contribution in [-0.4, -0.2) is 27.5 Å². The molecule has 0 aromatic carbocycles. The monoisotopic (exact) mass is 223 g/mol. The van der Waals surface area contributed by atoms with Crippen LogP contribution in [0.15, 0.2) is 12.4 Å². The minimum absolute atomic E-state index is 0.0907. The number of rotatable bonds is 4. The first-order valence-corrected chi connectivity index (χ1v) is 4.41. The van der Waals surface area contributed by atoms with Gasteiger partial charge in [-0.25, -0.2) is 0 Å². The van der Waals surface area contributed by atoms with Crippen molar-refractivity contribution in [1.82, 2.24) is 9.78 Å². The van der Waals surface area contributed by atoms with E-state index in [2.05, 4.69) is 5.10 Å². The molecule has 1 unspecified atom stereocenters. The van der Waals surface area contributed by atoms with E-state index in [1.165, 1.54) is 0 Å². The SMILES string of the molecule is NCC(O)CCn1cc(C(F)(F)F)cn1. The fraction of sp³-hybridized carbons (Fsp3) is 0.625. The maximum atomic E-state index is 12.1. The van der Waals surface area contributed by atoms with Gasteiger partial charge in [-0.1, -0.05) is 0 Å². The van der Waals surface area contributed by atoms with Crippen LogP contribution in [0.1, 0.15) is 12.0 Å². The molecule has 1 aromatic heterocycles. The van der Waals surface area contributed by atoms with Crippen molar-refractivity contribution in [3.05, 3.63) is 18.0 Å². The lowest BCUT2D eigenvalue weighted by atomic mass is 10.2. The number of nitrogens with zero attached hydrogens (tertiary/aromatic N) is 2. The van der Waals surface area contributed by atoms with Gasteiger partial charge >= 0.3 is 6.18 Å². The third-order valence-corrected chi connectivity index (χ3v) is 1.92. The van der Waals surface area contributed by atoms with Gasteiger partial charge in [-0.15, -0.1) is 0 Å². The van der Waals surface area contributed by atoms with Gasteiger partial charge in [-0.05, 0) is 6.42 Å². The van der Waals surface area contributed by atoms with Crippen LogP contribution in [0.3, 0.4) is 0 Å². The maximum Gasteiger partial charge on any atom is 0.419 e. The zero-order valence-electron chi connectivity index (χ0n) is 7.91. The summed E-state index contributed by atoms with van der Waals surface area (Å²) in [6.45, 7) is 0.307. The highest BCUT2D eigenvalue weighted by Gasteiger charge is 2.32. The van der Waals surface area contributed by atoms with Crippen molar-refractivity contribution < 1.29 is 18.3 Å². The second-order valence-corrected chi connectivity index (χ2v) is 3.17. The third kappa shape index (κ3) is 3.52. The molecule has 0 aliphatic heterocycles. The van der Waals surface area contributed by atoms with Crippen LogP contribution < -0.4 is 5.73 Å². The molecule has 86 valence electrons. The molecule has 1 aromatic rings. The van der Waals surface area contributed by atoms with Crippen LogP contribution >= 0.6 is 0 Å². The highest BCUT2D eigenvalue weighted by Crippen LogP contribution is 2.28. The number of aliphatic hydroxyl groups excluding tert-OH is 1. The van der Waals surface area contributed by atoms with Gasteiger partial charge in [0.1, 0.15) is 0 Å². The summed E-state index contributed by atoms with van der Waals surface area (Å²) < 4.78 is 37.6. The molecule has 0 spiro atoms. The van der Waals surface area contributed by atoms with Gasteiger partial charge in [0.25, 0.3) is 0 Å². The van der Waals surface area contributed by atoms with Gasteiger partial charge in [0.15, 0.2) is 0 Å². The van der Waals surface area contributed by atoms with E-state index >= 15 is 0 Å². The number of hydrogen-bond donors (Lipinski definition) is 2. The van der Waals surface area contributed by atoms with Gasteiger partial charge in [0.05, 0.1) is 17.9 Å². The fourth-order valence-electron chi connectivity index (χ4n) is 1.03. The van der Waals surface area contributed by atoms with Crippen molar-refractivity contribution in [2.24, 2.45) is 5.73 Å². The topological polar surface area (TPSA) is 64.1 Å². The predicted octanol–water partition coefficient (Wildman–Crippen LogP) is 0.612. The van der Waals surface area contributed by atoms with E-state index in [-0.39, 0.29) is 19.5 Å². The van der Waals surface area contributed by atoms with E-state index in [1.54, 1.807) is 0 Å². The quantitative estimate of drug-likeness (QED) is 0.786. The predicted molar refractivity (Wildman–Crippen MR) is 46.9 cm³/mol. The smallest absolute Gasteiger partial charge is 0.392 e. The summed E-state index contributed by atoms with van der Waals surface area (Å²) in [4.78, 5) is 0. The molecule has 7 heteroatoms. The molecule has 0 aliphatic carbocycles. The molecule has 0 saturated carbocycles. The Kier molecular flexibility index (Phi) is 3.70. The number of hydrogen-bond acceptors (Lipinski definition) is 3. The average Bonchev–Trinajstić information content (AvgIpc) is 2.61. The molecular formula is C8H12F3N3O. The van der Waals surface area contributed by atoms with Crippen LogP contribution in [-0.2, 0) is 12.7 Å². The average molecular weight is 223 g/mol. The van der Waals surface area contributed by atoms with Crippen molar-refractivity contribution in [1.29, 1.82) is 0 Å². The summed E-state index contributed by atoms with van der Waals surface area (Å²) in [5, 5.41) is 12.6. The summed E-state index contributed by atoms with van der Waals surface area (Å²) >= 11 is 0.